The summed E-state index contributed by atoms with van der Waals surface area (Å²) in [6.07, 6.45) is 2.94. The second kappa shape index (κ2) is 3.89. The summed E-state index contributed by atoms with van der Waals surface area (Å²) in [5.74, 6) is -1.07. The van der Waals surface area contributed by atoms with Gasteiger partial charge < -0.3 is 10.1 Å². The molecule has 16 heavy (non-hydrogen) atoms. The Balaban J connectivity index is 2.58. The molecule has 0 unspecified atom stereocenters. The summed E-state index contributed by atoms with van der Waals surface area (Å²) in [6, 6.07) is 2.50. The molecule has 0 aliphatic carbocycles. The normalized spacial score (nSPS) is 10.0. The molecule has 2 N–H and O–H groups in total. The van der Waals surface area contributed by atoms with Crippen molar-refractivity contribution in [3.63, 3.8) is 0 Å². The summed E-state index contributed by atoms with van der Waals surface area (Å²) in [7, 11) is 0. The van der Waals surface area contributed by atoms with E-state index in [1.807, 2.05) is 0 Å². The van der Waals surface area contributed by atoms with Gasteiger partial charge >= 0.3 is 5.97 Å². The molecular formula is C9H6N4O3. The number of H-pyrrole nitrogens is 1. The van der Waals surface area contributed by atoms with E-state index in [2.05, 4.69) is 19.9 Å². The monoisotopic (exact) mass is 218 g/mol. The Bertz CT molecular complexity index is 579. The minimum absolute atomic E-state index is 0.0329. The van der Waals surface area contributed by atoms with E-state index in [9.17, 15) is 9.59 Å². The first kappa shape index (κ1) is 9.97. The van der Waals surface area contributed by atoms with Gasteiger partial charge in [-0.25, -0.2) is 19.7 Å². The predicted molar refractivity (Wildman–Crippen MR) is 52.8 cm³/mol. The first-order chi connectivity index (χ1) is 7.66. The topological polar surface area (TPSA) is 109 Å². The number of aromatic nitrogens is 4. The predicted octanol–water partition coefficient (Wildman–Crippen LogP) is -0.0749. The van der Waals surface area contributed by atoms with Gasteiger partial charge in [0.2, 0.25) is 0 Å². The highest BCUT2D eigenvalue weighted by Gasteiger charge is 2.10. The van der Waals surface area contributed by atoms with Gasteiger partial charge in [0.15, 0.2) is 17.3 Å². The first-order valence-electron chi connectivity index (χ1n) is 4.29. The van der Waals surface area contributed by atoms with Crippen molar-refractivity contribution in [3.8, 4) is 11.6 Å². The van der Waals surface area contributed by atoms with Crippen LogP contribution in [0.4, 0.5) is 0 Å². The average Bonchev–Trinajstić information content (AvgIpc) is 2.29. The number of hydrogen-bond donors (Lipinski definition) is 2. The molecule has 0 bridgehead atoms. The molecule has 2 aromatic rings. The number of carbonyl (C=O) groups is 1. The van der Waals surface area contributed by atoms with Crippen LogP contribution in [0.1, 0.15) is 10.5 Å². The van der Waals surface area contributed by atoms with Crippen LogP contribution < -0.4 is 5.56 Å². The minimum Gasteiger partial charge on any atom is -0.477 e. The van der Waals surface area contributed by atoms with E-state index in [0.717, 1.165) is 6.07 Å². The van der Waals surface area contributed by atoms with E-state index in [-0.39, 0.29) is 17.3 Å². The molecule has 0 saturated carbocycles. The zero-order valence-corrected chi connectivity index (χ0v) is 7.91. The average molecular weight is 218 g/mol. The molecule has 0 radical (unpaired) electrons. The third kappa shape index (κ3) is 1.92. The molecule has 7 heteroatoms. The minimum atomic E-state index is -1.27. The summed E-state index contributed by atoms with van der Waals surface area (Å²) >= 11 is 0. The standard InChI is InChI=1S/C9H6N4O3/c14-6-4-5(9(15)16)12-8(13-6)7-10-2-1-3-11-7/h1-4H,(H,15,16)(H,12,13,14). The van der Waals surface area contributed by atoms with Gasteiger partial charge in [-0.1, -0.05) is 0 Å². The van der Waals surface area contributed by atoms with Crippen molar-refractivity contribution >= 4 is 5.97 Å². The Labute approximate surface area is 88.8 Å². The zero-order valence-electron chi connectivity index (χ0n) is 7.91. The Kier molecular flexibility index (Phi) is 2.42. The number of rotatable bonds is 2. The van der Waals surface area contributed by atoms with E-state index >= 15 is 0 Å². The lowest BCUT2D eigenvalue weighted by molar-refractivity contribution is 0.0690. The largest absolute Gasteiger partial charge is 0.477 e. The smallest absolute Gasteiger partial charge is 0.354 e. The Morgan fingerprint density at radius 3 is 2.62 bits per heavy atom. The Morgan fingerprint density at radius 1 is 1.31 bits per heavy atom. The molecule has 7 nitrogen and oxygen atoms in total. The van der Waals surface area contributed by atoms with Gasteiger partial charge in [-0.15, -0.1) is 0 Å². The fourth-order valence-corrected chi connectivity index (χ4v) is 1.09. The lowest BCUT2D eigenvalue weighted by Crippen LogP contribution is -2.14. The van der Waals surface area contributed by atoms with Gasteiger partial charge in [-0.05, 0) is 6.07 Å². The Morgan fingerprint density at radius 2 is 2.00 bits per heavy atom. The molecule has 0 amide bonds. The highest BCUT2D eigenvalue weighted by atomic mass is 16.4. The van der Waals surface area contributed by atoms with Gasteiger partial charge in [0.1, 0.15) is 0 Å². The van der Waals surface area contributed by atoms with Crippen molar-refractivity contribution < 1.29 is 9.90 Å². The number of aromatic amines is 1. The lowest BCUT2D eigenvalue weighted by atomic mass is 10.4. The summed E-state index contributed by atoms with van der Waals surface area (Å²) < 4.78 is 0. The highest BCUT2D eigenvalue weighted by molar-refractivity contribution is 5.85. The number of aromatic carboxylic acids is 1. The molecule has 2 aromatic heterocycles. The first-order valence-corrected chi connectivity index (χ1v) is 4.29. The van der Waals surface area contributed by atoms with Gasteiger partial charge in [-0.2, -0.15) is 0 Å². The summed E-state index contributed by atoms with van der Waals surface area (Å²) in [6.45, 7) is 0. The van der Waals surface area contributed by atoms with Gasteiger partial charge in [-0.3, -0.25) is 4.79 Å². The van der Waals surface area contributed by atoms with Crippen LogP contribution in [0.15, 0.2) is 29.3 Å². The van der Waals surface area contributed by atoms with Crippen molar-refractivity contribution in [1.29, 1.82) is 0 Å². The fourth-order valence-electron chi connectivity index (χ4n) is 1.09. The molecule has 0 aliphatic rings. The van der Waals surface area contributed by atoms with Crippen LogP contribution in [0.25, 0.3) is 11.6 Å². The molecular weight excluding hydrogens is 212 g/mol. The van der Waals surface area contributed by atoms with Crippen LogP contribution in [-0.2, 0) is 0 Å². The van der Waals surface area contributed by atoms with Crippen molar-refractivity contribution in [2.75, 3.05) is 0 Å². The molecule has 0 aromatic carbocycles. The summed E-state index contributed by atoms with van der Waals surface area (Å²) in [4.78, 5) is 35.6. The second-order valence-electron chi connectivity index (χ2n) is 2.86. The van der Waals surface area contributed by atoms with E-state index in [1.54, 1.807) is 6.07 Å². The number of carboxylic acids is 1. The van der Waals surface area contributed by atoms with E-state index in [0.29, 0.717) is 0 Å². The number of carboxylic acid groups (broad SMARTS) is 1. The van der Waals surface area contributed by atoms with Crippen LogP contribution in [0.5, 0.6) is 0 Å². The number of nitrogens with one attached hydrogen (secondary N) is 1. The maximum absolute atomic E-state index is 11.2. The third-order valence-electron chi connectivity index (χ3n) is 1.74. The molecule has 0 atom stereocenters. The van der Waals surface area contributed by atoms with Crippen LogP contribution in [0.3, 0.4) is 0 Å². The van der Waals surface area contributed by atoms with Crippen molar-refractivity contribution in [2.45, 2.75) is 0 Å². The van der Waals surface area contributed by atoms with Crippen LogP contribution in [0.2, 0.25) is 0 Å². The highest BCUT2D eigenvalue weighted by Crippen LogP contribution is 2.05. The van der Waals surface area contributed by atoms with E-state index in [4.69, 9.17) is 5.11 Å². The quantitative estimate of drug-likeness (QED) is 0.729. The van der Waals surface area contributed by atoms with E-state index in [1.165, 1.54) is 12.4 Å². The molecule has 0 fully saturated rings. The summed E-state index contributed by atoms with van der Waals surface area (Å²) in [5.41, 5.74) is -0.902. The van der Waals surface area contributed by atoms with Crippen molar-refractivity contribution in [3.05, 3.63) is 40.6 Å². The van der Waals surface area contributed by atoms with Crippen molar-refractivity contribution in [1.82, 2.24) is 19.9 Å². The summed E-state index contributed by atoms with van der Waals surface area (Å²) in [5, 5.41) is 8.72. The molecule has 2 rings (SSSR count). The number of nitrogens with zero attached hydrogens (tertiary/aromatic N) is 3. The van der Waals surface area contributed by atoms with E-state index < -0.39 is 11.5 Å². The Hall–Kier alpha value is -2.57. The lowest BCUT2D eigenvalue weighted by Gasteiger charge is -1.99. The number of hydrogen-bond acceptors (Lipinski definition) is 5. The second-order valence-corrected chi connectivity index (χ2v) is 2.86. The van der Waals surface area contributed by atoms with Crippen LogP contribution in [-0.4, -0.2) is 31.0 Å². The SMILES string of the molecule is O=C(O)c1cc(=O)[nH]c(-c2ncccn2)n1. The third-order valence-corrected chi connectivity index (χ3v) is 1.74. The van der Waals surface area contributed by atoms with Gasteiger partial charge in [0, 0.05) is 18.5 Å². The molecule has 0 aliphatic heterocycles. The van der Waals surface area contributed by atoms with Gasteiger partial charge in [0.05, 0.1) is 0 Å². The molecule has 0 saturated heterocycles. The van der Waals surface area contributed by atoms with Crippen LogP contribution in [0, 0.1) is 0 Å². The molecule has 0 spiro atoms. The maximum Gasteiger partial charge on any atom is 0.354 e. The van der Waals surface area contributed by atoms with Crippen molar-refractivity contribution in [2.24, 2.45) is 0 Å². The zero-order chi connectivity index (χ0) is 11.5. The molecule has 80 valence electrons. The van der Waals surface area contributed by atoms with Gasteiger partial charge in [0.25, 0.3) is 5.56 Å². The molecule has 2 heterocycles. The van der Waals surface area contributed by atoms with Crippen LogP contribution >= 0.6 is 0 Å². The maximum atomic E-state index is 11.2. The fraction of sp³-hybridized carbons (Fsp3) is 0.